The standard InChI is InChI=1S/C19H18N6OS2/c1-24-17(22-23-19(24)27)10-20-18(26)13-5-7-15(8-6-13)28-12-14-11-25-9-3-2-4-16(25)21-14/h2-9,11H,10,12H2,1H3,(H,20,26)(H,23,27). The molecule has 9 heteroatoms. The maximum absolute atomic E-state index is 12.3. The van der Waals surface area contributed by atoms with Crippen molar-refractivity contribution < 1.29 is 4.79 Å². The van der Waals surface area contributed by atoms with Crippen LogP contribution in [0.1, 0.15) is 21.9 Å². The number of benzene rings is 1. The predicted octanol–water partition coefficient (Wildman–Crippen LogP) is 3.35. The zero-order chi connectivity index (χ0) is 19.5. The van der Waals surface area contributed by atoms with E-state index >= 15 is 0 Å². The molecule has 0 spiro atoms. The summed E-state index contributed by atoms with van der Waals surface area (Å²) in [7, 11) is 1.81. The molecule has 0 aliphatic carbocycles. The second kappa shape index (κ2) is 7.99. The third-order valence-corrected chi connectivity index (χ3v) is 5.71. The van der Waals surface area contributed by atoms with Gasteiger partial charge in [-0.05, 0) is 48.6 Å². The lowest BCUT2D eigenvalue weighted by molar-refractivity contribution is 0.0949. The van der Waals surface area contributed by atoms with Crippen molar-refractivity contribution in [2.75, 3.05) is 0 Å². The average Bonchev–Trinajstić information content (AvgIpc) is 3.28. The van der Waals surface area contributed by atoms with Gasteiger partial charge in [0, 0.05) is 35.7 Å². The first kappa shape index (κ1) is 18.5. The highest BCUT2D eigenvalue weighted by atomic mass is 32.2. The van der Waals surface area contributed by atoms with E-state index in [0.717, 1.165) is 22.0 Å². The number of carbonyl (C=O) groups excluding carboxylic acids is 1. The molecule has 0 fully saturated rings. The molecule has 7 nitrogen and oxygen atoms in total. The second-order valence-corrected chi connectivity index (χ2v) is 7.63. The van der Waals surface area contributed by atoms with Crippen LogP contribution in [0, 0.1) is 4.77 Å². The number of nitrogens with one attached hydrogen (secondary N) is 2. The molecule has 142 valence electrons. The van der Waals surface area contributed by atoms with Gasteiger partial charge in [-0.25, -0.2) is 4.98 Å². The molecule has 0 atom stereocenters. The number of amides is 1. The van der Waals surface area contributed by atoms with E-state index < -0.39 is 0 Å². The molecular formula is C19H18N6OS2. The fraction of sp³-hybridized carbons (Fsp3) is 0.158. The number of H-pyrrole nitrogens is 1. The Morgan fingerprint density at radius 1 is 1.25 bits per heavy atom. The summed E-state index contributed by atoms with van der Waals surface area (Å²) in [6.45, 7) is 0.312. The van der Waals surface area contributed by atoms with Crippen LogP contribution in [0.2, 0.25) is 0 Å². The summed E-state index contributed by atoms with van der Waals surface area (Å²) in [5, 5.41) is 9.64. The number of carbonyl (C=O) groups is 1. The van der Waals surface area contributed by atoms with Gasteiger partial charge in [-0.1, -0.05) is 6.07 Å². The van der Waals surface area contributed by atoms with Crippen molar-refractivity contribution in [3.63, 3.8) is 0 Å². The van der Waals surface area contributed by atoms with Crippen molar-refractivity contribution in [1.82, 2.24) is 29.5 Å². The minimum absolute atomic E-state index is 0.147. The van der Waals surface area contributed by atoms with Gasteiger partial charge in [0.1, 0.15) is 5.65 Å². The Balaban J connectivity index is 1.34. The number of rotatable bonds is 6. The second-order valence-electron chi connectivity index (χ2n) is 6.20. The maximum Gasteiger partial charge on any atom is 0.251 e. The molecule has 4 rings (SSSR count). The third kappa shape index (κ3) is 4.00. The Morgan fingerprint density at radius 3 is 2.79 bits per heavy atom. The molecule has 0 bridgehead atoms. The predicted molar refractivity (Wildman–Crippen MR) is 111 cm³/mol. The lowest BCUT2D eigenvalue weighted by Crippen LogP contribution is -2.24. The highest BCUT2D eigenvalue weighted by molar-refractivity contribution is 7.98. The summed E-state index contributed by atoms with van der Waals surface area (Å²) < 4.78 is 4.27. The Hall–Kier alpha value is -2.91. The molecule has 0 aliphatic heterocycles. The molecule has 0 saturated heterocycles. The van der Waals surface area contributed by atoms with Crippen LogP contribution in [-0.4, -0.2) is 30.1 Å². The van der Waals surface area contributed by atoms with Crippen molar-refractivity contribution in [3.8, 4) is 0 Å². The minimum atomic E-state index is -0.147. The molecule has 3 aromatic heterocycles. The van der Waals surface area contributed by atoms with Gasteiger partial charge in [-0.2, -0.15) is 5.10 Å². The molecule has 1 aromatic carbocycles. The van der Waals surface area contributed by atoms with Gasteiger partial charge in [0.15, 0.2) is 10.6 Å². The smallest absolute Gasteiger partial charge is 0.251 e. The Bertz CT molecular complexity index is 1140. The van der Waals surface area contributed by atoms with Crippen LogP contribution < -0.4 is 5.32 Å². The first-order chi connectivity index (χ1) is 13.6. The quantitative estimate of drug-likeness (QED) is 0.376. The SMILES string of the molecule is Cn1c(CNC(=O)c2ccc(SCc3cn4ccccc4n3)cc2)n[nH]c1=S. The van der Waals surface area contributed by atoms with Crippen molar-refractivity contribution in [2.45, 2.75) is 17.2 Å². The number of aromatic nitrogens is 5. The van der Waals surface area contributed by atoms with Crippen LogP contribution in [0.5, 0.6) is 0 Å². The third-order valence-electron chi connectivity index (χ3n) is 4.30. The molecule has 0 unspecified atom stereocenters. The average molecular weight is 411 g/mol. The van der Waals surface area contributed by atoms with Crippen molar-refractivity contribution in [2.24, 2.45) is 7.05 Å². The van der Waals surface area contributed by atoms with Crippen molar-refractivity contribution >= 4 is 35.5 Å². The lowest BCUT2D eigenvalue weighted by atomic mass is 10.2. The number of imidazole rings is 1. The first-order valence-corrected chi connectivity index (χ1v) is 10.0. The van der Waals surface area contributed by atoms with Gasteiger partial charge in [0.25, 0.3) is 5.91 Å². The Kier molecular flexibility index (Phi) is 5.27. The van der Waals surface area contributed by atoms with E-state index in [0.29, 0.717) is 22.7 Å². The zero-order valence-electron chi connectivity index (χ0n) is 15.1. The van der Waals surface area contributed by atoms with Gasteiger partial charge in [0.05, 0.1) is 12.2 Å². The number of thioether (sulfide) groups is 1. The minimum Gasteiger partial charge on any atom is -0.345 e. The van der Waals surface area contributed by atoms with Gasteiger partial charge >= 0.3 is 0 Å². The summed E-state index contributed by atoms with van der Waals surface area (Å²) in [4.78, 5) is 18.0. The number of nitrogens with zero attached hydrogens (tertiary/aromatic N) is 4. The molecule has 0 radical (unpaired) electrons. The van der Waals surface area contributed by atoms with Crippen LogP contribution in [0.15, 0.2) is 59.8 Å². The van der Waals surface area contributed by atoms with Gasteiger partial charge < -0.3 is 14.3 Å². The van der Waals surface area contributed by atoms with E-state index in [9.17, 15) is 4.79 Å². The van der Waals surface area contributed by atoms with E-state index in [1.54, 1.807) is 16.3 Å². The molecule has 0 aliphatic rings. The van der Waals surface area contributed by atoms with Crippen LogP contribution in [0.25, 0.3) is 5.65 Å². The van der Waals surface area contributed by atoms with Crippen LogP contribution in [0.4, 0.5) is 0 Å². The number of fused-ring (bicyclic) bond motifs is 1. The van der Waals surface area contributed by atoms with Gasteiger partial charge in [-0.15, -0.1) is 11.8 Å². The molecule has 0 saturated carbocycles. The van der Waals surface area contributed by atoms with Crippen LogP contribution >= 0.6 is 24.0 Å². The summed E-state index contributed by atoms with van der Waals surface area (Å²) >= 11 is 6.75. The zero-order valence-corrected chi connectivity index (χ0v) is 16.8. The highest BCUT2D eigenvalue weighted by Crippen LogP contribution is 2.23. The summed E-state index contributed by atoms with van der Waals surface area (Å²) in [5.74, 6) is 1.30. The molecule has 2 N–H and O–H groups in total. The van der Waals surface area contributed by atoms with Crippen LogP contribution in [0.3, 0.4) is 0 Å². The van der Waals surface area contributed by atoms with E-state index in [2.05, 4.69) is 20.5 Å². The Labute approximate surface area is 170 Å². The molecular weight excluding hydrogens is 392 g/mol. The molecule has 3 heterocycles. The largest absolute Gasteiger partial charge is 0.345 e. The van der Waals surface area contributed by atoms with Crippen LogP contribution in [-0.2, 0) is 19.3 Å². The van der Waals surface area contributed by atoms with E-state index in [4.69, 9.17) is 12.2 Å². The maximum atomic E-state index is 12.3. The highest BCUT2D eigenvalue weighted by Gasteiger charge is 2.09. The topological polar surface area (TPSA) is 80.0 Å². The summed E-state index contributed by atoms with van der Waals surface area (Å²) in [6.07, 6.45) is 4.02. The fourth-order valence-electron chi connectivity index (χ4n) is 2.72. The van der Waals surface area contributed by atoms with E-state index in [1.807, 2.05) is 66.3 Å². The van der Waals surface area contributed by atoms with Crippen molar-refractivity contribution in [3.05, 3.63) is 76.7 Å². The number of aromatic amines is 1. The van der Waals surface area contributed by atoms with Crippen molar-refractivity contribution in [1.29, 1.82) is 0 Å². The fourth-order valence-corrected chi connectivity index (χ4v) is 3.65. The molecule has 4 aromatic rings. The lowest BCUT2D eigenvalue weighted by Gasteiger charge is -2.06. The Morgan fingerprint density at radius 2 is 2.07 bits per heavy atom. The monoisotopic (exact) mass is 410 g/mol. The normalized spacial score (nSPS) is 11.0. The summed E-state index contributed by atoms with van der Waals surface area (Å²) in [6, 6.07) is 13.5. The first-order valence-electron chi connectivity index (χ1n) is 8.64. The van der Waals surface area contributed by atoms with E-state index in [1.165, 1.54) is 0 Å². The van der Waals surface area contributed by atoms with Gasteiger partial charge in [0.2, 0.25) is 0 Å². The molecule has 1 amide bonds. The summed E-state index contributed by atoms with van der Waals surface area (Å²) in [5.41, 5.74) is 2.57. The number of hydrogen-bond donors (Lipinski definition) is 2. The number of pyridine rings is 1. The number of hydrogen-bond acceptors (Lipinski definition) is 5. The molecule has 28 heavy (non-hydrogen) atoms. The van der Waals surface area contributed by atoms with Gasteiger partial charge in [-0.3, -0.25) is 9.89 Å². The van der Waals surface area contributed by atoms with E-state index in [-0.39, 0.29) is 5.91 Å².